The fourth-order valence-corrected chi connectivity index (χ4v) is 11.0. The summed E-state index contributed by atoms with van der Waals surface area (Å²) in [7, 11) is 6.56. The smallest absolute Gasteiger partial charge is 0.329 e. The molecule has 3 aliphatic heterocycles. The first-order valence-corrected chi connectivity index (χ1v) is 25.5. The molecule has 0 spiro atoms. The lowest BCUT2D eigenvalue weighted by Crippen LogP contribution is -2.61. The van der Waals surface area contributed by atoms with Gasteiger partial charge in [0.15, 0.2) is 0 Å². The minimum atomic E-state index is -2.39. The molecule has 386 valence electrons. The quantitative estimate of drug-likeness (QED) is 0.124. The van der Waals surface area contributed by atoms with Crippen LogP contribution in [0.3, 0.4) is 0 Å². The zero-order valence-electron chi connectivity index (χ0n) is 43.4. The number of fused-ring (bicyclic) bond motifs is 3. The summed E-state index contributed by atoms with van der Waals surface area (Å²) in [4.78, 5) is 49.3. The van der Waals surface area contributed by atoms with Crippen LogP contribution in [0.4, 0.5) is 0 Å². The van der Waals surface area contributed by atoms with Gasteiger partial charge in [-0.05, 0) is 120 Å². The van der Waals surface area contributed by atoms with Gasteiger partial charge in [0.1, 0.15) is 24.4 Å². The molecule has 16 atom stereocenters. The number of rotatable bonds is 8. The second kappa shape index (κ2) is 27.5. The van der Waals surface area contributed by atoms with Crippen LogP contribution >= 0.6 is 0 Å². The van der Waals surface area contributed by atoms with Crippen molar-refractivity contribution in [2.45, 2.75) is 193 Å². The Balaban J connectivity index is 1.76. The van der Waals surface area contributed by atoms with Crippen LogP contribution in [0.5, 0.6) is 0 Å². The van der Waals surface area contributed by atoms with E-state index in [1.165, 1.54) is 4.90 Å². The fourth-order valence-electron chi connectivity index (χ4n) is 11.0. The largest absolute Gasteiger partial charge is 0.460 e. The first-order chi connectivity index (χ1) is 32.3. The van der Waals surface area contributed by atoms with Crippen LogP contribution in [0.1, 0.15) is 132 Å². The molecule has 2 bridgehead atoms. The average molecular weight is 957 g/mol. The van der Waals surface area contributed by atoms with Gasteiger partial charge < -0.3 is 48.6 Å². The summed E-state index contributed by atoms with van der Waals surface area (Å²) < 4.78 is 36.7. The zero-order valence-corrected chi connectivity index (χ0v) is 43.4. The molecule has 4 rings (SSSR count). The van der Waals surface area contributed by atoms with Crippen molar-refractivity contribution in [1.82, 2.24) is 4.90 Å². The highest BCUT2D eigenvalue weighted by Crippen LogP contribution is 2.38. The maximum atomic E-state index is 14.6. The topological polar surface area (TPSA) is 183 Å². The van der Waals surface area contributed by atoms with Gasteiger partial charge >= 0.3 is 5.97 Å². The molecule has 2 saturated heterocycles. The van der Waals surface area contributed by atoms with Crippen LogP contribution in [0.15, 0.2) is 52.6 Å². The number of cyclic esters (lactones) is 1. The molecule has 14 heteroatoms. The number of allylic oxidation sites excluding steroid dienone is 5. The van der Waals surface area contributed by atoms with Crippen LogP contribution in [0.25, 0.3) is 0 Å². The van der Waals surface area contributed by atoms with Gasteiger partial charge in [-0.25, -0.2) is 4.79 Å². The van der Waals surface area contributed by atoms with E-state index in [-0.39, 0.29) is 48.3 Å². The molecule has 0 aromatic rings. The van der Waals surface area contributed by atoms with Crippen molar-refractivity contribution >= 4 is 23.4 Å². The summed E-state index contributed by atoms with van der Waals surface area (Å²) in [5.74, 6) is -5.73. The number of methoxy groups -OCH3 is 3. The number of carbonyl (C=O) groups excluding carboxylic acids is 3. The molecule has 0 radical (unpaired) electrons. The van der Waals surface area contributed by atoms with E-state index in [1.54, 1.807) is 35.3 Å². The Bertz CT molecular complexity index is 1780. The summed E-state index contributed by atoms with van der Waals surface area (Å²) in [5, 5.41) is 34.5. The van der Waals surface area contributed by atoms with E-state index in [1.807, 2.05) is 58.1 Å². The number of ether oxygens (including phenoxy) is 6. The molecular weight excluding hydrogens is 869 g/mol. The molecule has 3 heterocycles. The maximum Gasteiger partial charge on any atom is 0.329 e. The normalized spacial score (nSPS) is 40.8. The highest BCUT2D eigenvalue weighted by Gasteiger charge is 2.53. The second-order valence-corrected chi connectivity index (χ2v) is 20.5. The first-order valence-electron chi connectivity index (χ1n) is 25.5. The minimum Gasteiger partial charge on any atom is -0.460 e. The molecule has 4 aliphatic rings. The number of ketones is 1. The Labute approximate surface area is 408 Å². The van der Waals surface area contributed by atoms with Crippen molar-refractivity contribution in [3.8, 4) is 0 Å². The lowest BCUT2D eigenvalue weighted by molar-refractivity contribution is -0.265. The number of Topliss-reactive ketones (excluding diaryl/α,β-unsaturated/α-hetero) is 1. The third-order valence-electron chi connectivity index (χ3n) is 15.3. The number of aliphatic imine (C=N–C) groups is 1. The molecular formula is C54H88N2O12. The van der Waals surface area contributed by atoms with Crippen molar-refractivity contribution in [3.63, 3.8) is 0 Å². The summed E-state index contributed by atoms with van der Waals surface area (Å²) >= 11 is 0. The number of amides is 1. The molecule has 3 fully saturated rings. The third-order valence-corrected chi connectivity index (χ3v) is 15.3. The lowest BCUT2D eigenvalue weighted by Gasteiger charge is -2.43. The van der Waals surface area contributed by atoms with Crippen molar-refractivity contribution in [2.24, 2.45) is 40.5 Å². The van der Waals surface area contributed by atoms with Crippen LogP contribution in [-0.4, -0.2) is 146 Å². The van der Waals surface area contributed by atoms with E-state index < -0.39 is 72.0 Å². The van der Waals surface area contributed by atoms with Gasteiger partial charge in [-0.1, -0.05) is 71.1 Å². The Morgan fingerprint density at radius 3 is 2.26 bits per heavy atom. The van der Waals surface area contributed by atoms with Crippen molar-refractivity contribution in [2.75, 3.05) is 41.5 Å². The fraction of sp³-hybridized carbons (Fsp3) is 0.778. The van der Waals surface area contributed by atoms with Crippen molar-refractivity contribution < 1.29 is 58.1 Å². The Hall–Kier alpha value is -3.08. The van der Waals surface area contributed by atoms with E-state index in [2.05, 4.69) is 31.8 Å². The van der Waals surface area contributed by atoms with E-state index in [0.29, 0.717) is 76.4 Å². The van der Waals surface area contributed by atoms with Gasteiger partial charge in [-0.2, -0.15) is 0 Å². The van der Waals surface area contributed by atoms with Crippen LogP contribution < -0.4 is 0 Å². The molecule has 68 heavy (non-hydrogen) atoms. The van der Waals surface area contributed by atoms with Gasteiger partial charge in [-0.3, -0.25) is 14.6 Å². The molecule has 1 aliphatic carbocycles. The number of esters is 1. The first kappa shape index (κ1) is 57.5. The molecule has 1 saturated carbocycles. The predicted octanol–water partition coefficient (Wildman–Crippen LogP) is 7.52. The van der Waals surface area contributed by atoms with E-state index in [9.17, 15) is 29.7 Å². The minimum absolute atomic E-state index is 0.00197. The Kier molecular flexibility index (Phi) is 23.3. The molecule has 0 unspecified atom stereocenters. The van der Waals surface area contributed by atoms with Crippen molar-refractivity contribution in [1.29, 1.82) is 0 Å². The van der Waals surface area contributed by atoms with Gasteiger partial charge in [0.25, 0.3) is 11.7 Å². The molecule has 0 aromatic carbocycles. The van der Waals surface area contributed by atoms with Gasteiger partial charge in [0, 0.05) is 71.9 Å². The summed E-state index contributed by atoms with van der Waals surface area (Å²) in [6, 6.07) is -1.05. The number of hydrogen-bond acceptors (Lipinski definition) is 13. The third kappa shape index (κ3) is 15.2. The SMILES string of the molecule is CCO[C@@H]1C[C@@H]([C@H](C)C[C@@H]2CC[C@@H](O)[C@H](OC)C2)OC(=O)[C@@H]2CCCCN2C(=O)C(=O)[C@]2(O)O[C@@H](CC[C@H]2C)C[C@H](OC)/C(C)=C/C=C/C=C/[C@@H](C)C[C@@H](C)/C(=N/C)[C@H](OC)[C@H](O)/C(C)=C/[C@H]1C. The highest BCUT2D eigenvalue weighted by molar-refractivity contribution is 6.39. The Morgan fingerprint density at radius 1 is 0.868 bits per heavy atom. The monoisotopic (exact) mass is 957 g/mol. The number of piperidine rings is 1. The van der Waals surface area contributed by atoms with Crippen LogP contribution in [0.2, 0.25) is 0 Å². The van der Waals surface area contributed by atoms with Gasteiger partial charge in [0.05, 0.1) is 30.5 Å². The number of aliphatic hydroxyl groups excluding tert-OH is 2. The van der Waals surface area contributed by atoms with Gasteiger partial charge in [0.2, 0.25) is 5.79 Å². The standard InChI is InChI=1S/C54H88N2O12/c1-13-66-45-32-46(36(5)29-40-23-25-43(57)47(30-40)64-11)67-53(61)42-21-17-18-26-56(42)52(60)51(59)54(62)39(8)22-24-41(68-54)31-44(63-10)34(3)20-16-14-15-19-33(2)27-37(6)48(55-9)50(65-12)49(58)38(7)28-35(45)4/h14-16,19-20,28,33,35-37,39-47,49-50,57-58,62H,13,17-18,21-27,29-32H2,1-12H3/b16-14+,19-15+,34-20+,38-28+,55-48-/t33-,35-,36-,37-,39-,40+,41+,42+,43-,44+,45-,46+,47-,49-,50+,54-/m1/s1. The van der Waals surface area contributed by atoms with E-state index >= 15 is 0 Å². The predicted molar refractivity (Wildman–Crippen MR) is 264 cm³/mol. The average Bonchev–Trinajstić information content (AvgIpc) is 3.32. The number of nitrogens with zero attached hydrogens (tertiary/aromatic N) is 2. The molecule has 3 N–H and O–H groups in total. The van der Waals surface area contributed by atoms with E-state index in [0.717, 1.165) is 24.1 Å². The van der Waals surface area contributed by atoms with E-state index in [4.69, 9.17) is 28.4 Å². The maximum absolute atomic E-state index is 14.6. The number of aliphatic hydroxyl groups is 3. The van der Waals surface area contributed by atoms with Crippen LogP contribution in [-0.2, 0) is 42.8 Å². The summed E-state index contributed by atoms with van der Waals surface area (Å²) in [5.41, 5.74) is 2.39. The molecule has 0 aromatic heterocycles. The summed E-state index contributed by atoms with van der Waals surface area (Å²) in [6.07, 6.45) is 14.2. The number of carbonyl (C=O) groups is 3. The van der Waals surface area contributed by atoms with Crippen LogP contribution in [0, 0.1) is 35.5 Å². The molecule has 14 nitrogen and oxygen atoms in total. The zero-order chi connectivity index (χ0) is 50.3. The lowest BCUT2D eigenvalue weighted by atomic mass is 9.78. The Morgan fingerprint density at radius 2 is 1.60 bits per heavy atom. The number of hydrogen-bond donors (Lipinski definition) is 3. The molecule has 1 amide bonds. The highest BCUT2D eigenvalue weighted by atomic mass is 16.6. The summed E-state index contributed by atoms with van der Waals surface area (Å²) in [6.45, 7) is 16.3. The second-order valence-electron chi connectivity index (χ2n) is 20.5. The van der Waals surface area contributed by atoms with Gasteiger partial charge in [-0.15, -0.1) is 0 Å². The van der Waals surface area contributed by atoms with Crippen molar-refractivity contribution in [3.05, 3.63) is 47.6 Å².